The number of carbonyl (C=O) groups excluding carboxylic acids is 1. The fourth-order valence-corrected chi connectivity index (χ4v) is 2.90. The number of halogens is 1. The van der Waals surface area contributed by atoms with Crippen molar-refractivity contribution in [3.05, 3.63) is 35.6 Å². The van der Waals surface area contributed by atoms with Crippen molar-refractivity contribution in [2.75, 3.05) is 25.9 Å². The van der Waals surface area contributed by atoms with Crippen molar-refractivity contribution in [3.63, 3.8) is 0 Å². The second-order valence-electron chi connectivity index (χ2n) is 5.28. The van der Waals surface area contributed by atoms with E-state index in [-0.39, 0.29) is 11.9 Å². The Hall–Kier alpha value is -1.47. The molecule has 5 nitrogen and oxygen atoms in total. The Labute approximate surface area is 124 Å². The molecule has 0 bridgehead atoms. The van der Waals surface area contributed by atoms with Crippen LogP contribution in [0.4, 0.5) is 4.39 Å². The molecule has 116 valence electrons. The zero-order valence-electron chi connectivity index (χ0n) is 12.0. The van der Waals surface area contributed by atoms with Gasteiger partial charge in [0.2, 0.25) is 5.91 Å². The maximum absolute atomic E-state index is 13.4. The third kappa shape index (κ3) is 3.59. The molecule has 1 aliphatic rings. The molecule has 1 aromatic rings. The number of hydrogen-bond donors (Lipinski definition) is 1. The van der Waals surface area contributed by atoms with Gasteiger partial charge in [0.05, 0.1) is 6.04 Å². The maximum Gasteiger partial charge on any atom is 0.241 e. The first-order valence-corrected chi connectivity index (χ1v) is 8.71. The van der Waals surface area contributed by atoms with Crippen LogP contribution in [0.15, 0.2) is 24.3 Å². The molecular weight excluding hydrogens is 295 g/mol. The lowest BCUT2D eigenvalue weighted by Crippen LogP contribution is -2.52. The summed E-state index contributed by atoms with van der Waals surface area (Å²) in [6.07, 6.45) is 1.05. The summed E-state index contributed by atoms with van der Waals surface area (Å²) in [5.41, 5.74) is 0.663. The molecule has 7 heteroatoms. The number of nitrogens with zero attached hydrogens (tertiary/aromatic N) is 1. The first-order chi connectivity index (χ1) is 9.80. The standard InChI is InChI=1S/C14H19FN2O3S/c1-10(21(2,19)20)14(18)17-7-6-16-9-13(17)11-4-3-5-12(15)8-11/h3-5,8,10,13,16H,6-7,9H2,1-2H3. The minimum absolute atomic E-state index is 0.355. The summed E-state index contributed by atoms with van der Waals surface area (Å²) in [5.74, 6) is -0.810. The number of amides is 1. The fraction of sp³-hybridized carbons (Fsp3) is 0.500. The normalized spacial score (nSPS) is 21.1. The number of hydrogen-bond acceptors (Lipinski definition) is 4. The Bertz CT molecular complexity index is 633. The van der Waals surface area contributed by atoms with Gasteiger partial charge in [0.25, 0.3) is 0 Å². The SMILES string of the molecule is CC(C(=O)N1CCNCC1c1cccc(F)c1)S(C)(=O)=O. The van der Waals surface area contributed by atoms with Crippen LogP contribution in [0.2, 0.25) is 0 Å². The fourth-order valence-electron chi connectivity index (χ4n) is 2.40. The molecule has 1 aliphatic heterocycles. The van der Waals surface area contributed by atoms with E-state index in [1.807, 2.05) is 0 Å². The van der Waals surface area contributed by atoms with Crippen LogP contribution in [-0.4, -0.2) is 50.4 Å². The van der Waals surface area contributed by atoms with E-state index in [0.717, 1.165) is 6.26 Å². The van der Waals surface area contributed by atoms with E-state index in [1.165, 1.54) is 24.0 Å². The van der Waals surface area contributed by atoms with Crippen molar-refractivity contribution in [2.45, 2.75) is 18.2 Å². The first kappa shape index (κ1) is 15.9. The highest BCUT2D eigenvalue weighted by Crippen LogP contribution is 2.24. The number of rotatable bonds is 3. The molecule has 21 heavy (non-hydrogen) atoms. The summed E-state index contributed by atoms with van der Waals surface area (Å²) in [4.78, 5) is 14.0. The van der Waals surface area contributed by atoms with E-state index in [0.29, 0.717) is 25.2 Å². The molecule has 1 fully saturated rings. The molecule has 1 aromatic carbocycles. The maximum atomic E-state index is 13.4. The zero-order chi connectivity index (χ0) is 15.6. The van der Waals surface area contributed by atoms with Gasteiger partial charge >= 0.3 is 0 Å². The second kappa shape index (κ2) is 6.11. The number of piperazine rings is 1. The van der Waals surface area contributed by atoms with Gasteiger partial charge in [0, 0.05) is 25.9 Å². The largest absolute Gasteiger partial charge is 0.332 e. The summed E-state index contributed by atoms with van der Waals surface area (Å²) in [5, 5.41) is 2.06. The van der Waals surface area contributed by atoms with Gasteiger partial charge in [-0.25, -0.2) is 12.8 Å². The van der Waals surface area contributed by atoms with Gasteiger partial charge in [0.1, 0.15) is 11.1 Å². The van der Waals surface area contributed by atoms with E-state index < -0.39 is 21.0 Å². The predicted molar refractivity (Wildman–Crippen MR) is 78.0 cm³/mol. The number of carbonyl (C=O) groups is 1. The Balaban J connectivity index is 2.29. The van der Waals surface area contributed by atoms with Crippen molar-refractivity contribution in [2.24, 2.45) is 0 Å². The van der Waals surface area contributed by atoms with Crippen LogP contribution < -0.4 is 5.32 Å². The molecule has 2 atom stereocenters. The third-order valence-electron chi connectivity index (χ3n) is 3.75. The third-order valence-corrected chi connectivity index (χ3v) is 5.24. The lowest BCUT2D eigenvalue weighted by molar-refractivity contribution is -0.133. The molecule has 0 saturated carbocycles. The number of benzene rings is 1. The lowest BCUT2D eigenvalue weighted by atomic mass is 10.0. The van der Waals surface area contributed by atoms with E-state index in [2.05, 4.69) is 5.32 Å². The van der Waals surface area contributed by atoms with Crippen LogP contribution in [0, 0.1) is 5.82 Å². The average molecular weight is 314 g/mol. The second-order valence-corrected chi connectivity index (χ2v) is 7.64. The molecule has 1 N–H and O–H groups in total. The Kier molecular flexibility index (Phi) is 4.63. The highest BCUT2D eigenvalue weighted by molar-refractivity contribution is 7.92. The average Bonchev–Trinajstić information content (AvgIpc) is 2.45. The Morgan fingerprint density at radius 3 is 2.81 bits per heavy atom. The highest BCUT2D eigenvalue weighted by atomic mass is 32.2. The minimum atomic E-state index is -3.45. The van der Waals surface area contributed by atoms with Crippen LogP contribution >= 0.6 is 0 Å². The minimum Gasteiger partial charge on any atom is -0.332 e. The summed E-state index contributed by atoms with van der Waals surface area (Å²) in [6.45, 7) is 2.86. The zero-order valence-corrected chi connectivity index (χ0v) is 12.9. The van der Waals surface area contributed by atoms with Gasteiger partial charge in [-0.15, -0.1) is 0 Å². The van der Waals surface area contributed by atoms with Crippen LogP contribution in [0.1, 0.15) is 18.5 Å². The predicted octanol–water partition coefficient (Wildman–Crippen LogP) is 0.732. The topological polar surface area (TPSA) is 66.5 Å². The van der Waals surface area contributed by atoms with Crippen molar-refractivity contribution < 1.29 is 17.6 Å². The van der Waals surface area contributed by atoms with Crippen molar-refractivity contribution in [1.82, 2.24) is 10.2 Å². The van der Waals surface area contributed by atoms with E-state index >= 15 is 0 Å². The van der Waals surface area contributed by atoms with E-state index in [9.17, 15) is 17.6 Å². The van der Waals surface area contributed by atoms with Gasteiger partial charge in [-0.3, -0.25) is 4.79 Å². The molecule has 1 saturated heterocycles. The molecule has 0 aromatic heterocycles. The molecule has 1 amide bonds. The summed E-state index contributed by atoms with van der Waals surface area (Å²) in [7, 11) is -3.45. The van der Waals surface area contributed by atoms with Gasteiger partial charge in [0.15, 0.2) is 9.84 Å². The van der Waals surface area contributed by atoms with Crippen molar-refractivity contribution in [1.29, 1.82) is 0 Å². The Morgan fingerprint density at radius 1 is 1.48 bits per heavy atom. The van der Waals surface area contributed by atoms with Crippen LogP contribution in [0.3, 0.4) is 0 Å². The molecule has 0 spiro atoms. The van der Waals surface area contributed by atoms with Crippen LogP contribution in [0.25, 0.3) is 0 Å². The van der Waals surface area contributed by atoms with Crippen molar-refractivity contribution in [3.8, 4) is 0 Å². The molecule has 2 unspecified atom stereocenters. The van der Waals surface area contributed by atoms with E-state index in [4.69, 9.17) is 0 Å². The number of nitrogens with one attached hydrogen (secondary N) is 1. The highest BCUT2D eigenvalue weighted by Gasteiger charge is 2.34. The van der Waals surface area contributed by atoms with Crippen molar-refractivity contribution >= 4 is 15.7 Å². The molecular formula is C14H19FN2O3S. The molecule has 0 radical (unpaired) electrons. The summed E-state index contributed by atoms with van der Waals surface area (Å²) in [6, 6.07) is 5.69. The van der Waals surface area contributed by atoms with Gasteiger partial charge in [-0.05, 0) is 24.6 Å². The van der Waals surface area contributed by atoms with Gasteiger partial charge < -0.3 is 10.2 Å². The van der Waals surface area contributed by atoms with E-state index in [1.54, 1.807) is 12.1 Å². The van der Waals surface area contributed by atoms with Crippen LogP contribution in [0.5, 0.6) is 0 Å². The molecule has 2 rings (SSSR count). The van der Waals surface area contributed by atoms with Gasteiger partial charge in [-0.2, -0.15) is 0 Å². The summed E-state index contributed by atoms with van der Waals surface area (Å²) >= 11 is 0. The smallest absolute Gasteiger partial charge is 0.241 e. The summed E-state index contributed by atoms with van der Waals surface area (Å²) < 4.78 is 36.6. The molecule has 0 aliphatic carbocycles. The van der Waals surface area contributed by atoms with Crippen LogP contribution in [-0.2, 0) is 14.6 Å². The Morgan fingerprint density at radius 2 is 2.19 bits per heavy atom. The quantitative estimate of drug-likeness (QED) is 0.893. The first-order valence-electron chi connectivity index (χ1n) is 6.76. The molecule has 1 heterocycles. The van der Waals surface area contributed by atoms with Gasteiger partial charge in [-0.1, -0.05) is 12.1 Å². The number of sulfone groups is 1. The lowest BCUT2D eigenvalue weighted by Gasteiger charge is -2.37. The monoisotopic (exact) mass is 314 g/mol.